The highest BCUT2D eigenvalue weighted by molar-refractivity contribution is 5.85. The molecular weight excluding hydrogens is 218 g/mol. The average molecular weight is 232 g/mol. The van der Waals surface area contributed by atoms with Gasteiger partial charge in [0.2, 0.25) is 0 Å². The summed E-state index contributed by atoms with van der Waals surface area (Å²) in [4.78, 5) is 10.7. The van der Waals surface area contributed by atoms with Crippen molar-refractivity contribution in [3.63, 3.8) is 0 Å². The van der Waals surface area contributed by atoms with Crippen molar-refractivity contribution >= 4 is 18.4 Å². The molecule has 0 aliphatic carbocycles. The first-order chi connectivity index (χ1) is 6.76. The van der Waals surface area contributed by atoms with Gasteiger partial charge in [-0.15, -0.1) is 12.4 Å². The minimum atomic E-state index is -0.402. The number of rotatable bonds is 4. The zero-order valence-corrected chi connectivity index (χ0v) is 9.25. The van der Waals surface area contributed by atoms with Crippen LogP contribution >= 0.6 is 12.4 Å². The van der Waals surface area contributed by atoms with E-state index in [-0.39, 0.29) is 25.6 Å². The van der Waals surface area contributed by atoms with E-state index < -0.39 is 5.97 Å². The van der Waals surface area contributed by atoms with Gasteiger partial charge in [-0.25, -0.2) is 0 Å². The van der Waals surface area contributed by atoms with Gasteiger partial charge in [-0.2, -0.15) is 0 Å². The summed E-state index contributed by atoms with van der Waals surface area (Å²) in [6, 6.07) is 7.29. The van der Waals surface area contributed by atoms with Crippen molar-refractivity contribution in [2.45, 2.75) is 6.61 Å². The highest BCUT2D eigenvalue weighted by Gasteiger charge is 1.99. The number of esters is 1. The van der Waals surface area contributed by atoms with Crippen molar-refractivity contribution < 1.29 is 14.3 Å². The van der Waals surface area contributed by atoms with Crippen molar-refractivity contribution in [2.75, 3.05) is 13.7 Å². The third-order valence-electron chi connectivity index (χ3n) is 1.73. The Hall–Kier alpha value is -1.26. The van der Waals surface area contributed by atoms with Crippen LogP contribution in [0.2, 0.25) is 0 Å². The average Bonchev–Trinajstić information content (AvgIpc) is 2.26. The molecule has 15 heavy (non-hydrogen) atoms. The van der Waals surface area contributed by atoms with Gasteiger partial charge in [0.05, 0.1) is 13.7 Å². The number of methoxy groups -OCH3 is 1. The van der Waals surface area contributed by atoms with Crippen LogP contribution in [0.3, 0.4) is 0 Å². The van der Waals surface area contributed by atoms with Crippen molar-refractivity contribution in [2.24, 2.45) is 5.73 Å². The molecule has 4 nitrogen and oxygen atoms in total. The molecule has 1 aromatic carbocycles. The fourth-order valence-corrected chi connectivity index (χ4v) is 0.945. The summed E-state index contributed by atoms with van der Waals surface area (Å²) < 4.78 is 9.83. The van der Waals surface area contributed by atoms with Crippen LogP contribution in [-0.4, -0.2) is 19.6 Å². The van der Waals surface area contributed by atoms with Crippen LogP contribution in [0.1, 0.15) is 5.56 Å². The van der Waals surface area contributed by atoms with Crippen LogP contribution in [0.25, 0.3) is 0 Å². The zero-order chi connectivity index (χ0) is 10.4. The number of ether oxygens (including phenoxy) is 2. The minimum Gasteiger partial charge on any atom is -0.497 e. The van der Waals surface area contributed by atoms with Gasteiger partial charge in [-0.3, -0.25) is 4.79 Å². The standard InChI is InChI=1S/C10H13NO3.ClH/c1-13-9-4-2-8(3-5-9)7-14-10(12)6-11;/h2-5H,6-7,11H2,1H3;1H. The Balaban J connectivity index is 0.00000196. The van der Waals surface area contributed by atoms with Crippen molar-refractivity contribution in [3.05, 3.63) is 29.8 Å². The lowest BCUT2D eigenvalue weighted by molar-refractivity contribution is -0.143. The number of benzene rings is 1. The maximum absolute atomic E-state index is 10.7. The summed E-state index contributed by atoms with van der Waals surface area (Å²) in [6.45, 7) is 0.163. The van der Waals surface area contributed by atoms with Crippen LogP contribution in [0, 0.1) is 0 Å². The molecule has 0 heterocycles. The molecule has 0 radical (unpaired) electrons. The van der Waals surface area contributed by atoms with E-state index >= 15 is 0 Å². The number of hydrogen-bond acceptors (Lipinski definition) is 4. The van der Waals surface area contributed by atoms with E-state index in [0.717, 1.165) is 11.3 Å². The summed E-state index contributed by atoms with van der Waals surface area (Å²) in [5, 5.41) is 0. The molecule has 0 fully saturated rings. The molecule has 0 saturated carbocycles. The van der Waals surface area contributed by atoms with Gasteiger partial charge in [0.25, 0.3) is 0 Å². The summed E-state index contributed by atoms with van der Waals surface area (Å²) >= 11 is 0. The zero-order valence-electron chi connectivity index (χ0n) is 8.43. The molecule has 0 saturated heterocycles. The monoisotopic (exact) mass is 231 g/mol. The van der Waals surface area contributed by atoms with Crippen molar-refractivity contribution in [1.82, 2.24) is 0 Å². The van der Waals surface area contributed by atoms with Gasteiger partial charge >= 0.3 is 5.97 Å². The first-order valence-electron chi connectivity index (χ1n) is 4.25. The summed E-state index contributed by atoms with van der Waals surface area (Å²) in [6.07, 6.45) is 0. The number of halogens is 1. The van der Waals surface area contributed by atoms with E-state index in [9.17, 15) is 4.79 Å². The van der Waals surface area contributed by atoms with E-state index in [1.54, 1.807) is 7.11 Å². The molecule has 0 spiro atoms. The molecule has 0 aliphatic heterocycles. The normalized spacial score (nSPS) is 8.93. The first kappa shape index (κ1) is 13.7. The van der Waals surface area contributed by atoms with Crippen LogP contribution < -0.4 is 10.5 Å². The minimum absolute atomic E-state index is 0. The fraction of sp³-hybridized carbons (Fsp3) is 0.300. The van der Waals surface area contributed by atoms with Crippen LogP contribution in [0.15, 0.2) is 24.3 Å². The molecular formula is C10H14ClNO3. The molecule has 1 rings (SSSR count). The molecule has 0 unspecified atom stereocenters. The molecule has 84 valence electrons. The number of nitrogens with two attached hydrogens (primary N) is 1. The largest absolute Gasteiger partial charge is 0.497 e. The van der Waals surface area contributed by atoms with Crippen LogP contribution in [0.4, 0.5) is 0 Å². The quantitative estimate of drug-likeness (QED) is 0.789. The Labute approximate surface area is 94.8 Å². The SMILES string of the molecule is COc1ccc(COC(=O)CN)cc1.Cl. The lowest BCUT2D eigenvalue weighted by Crippen LogP contribution is -2.16. The maximum atomic E-state index is 10.7. The molecule has 0 atom stereocenters. The van der Waals surface area contributed by atoms with Gasteiger partial charge < -0.3 is 15.2 Å². The third-order valence-corrected chi connectivity index (χ3v) is 1.73. The van der Waals surface area contributed by atoms with Gasteiger partial charge in [0, 0.05) is 0 Å². The summed E-state index contributed by atoms with van der Waals surface area (Å²) in [7, 11) is 1.60. The topological polar surface area (TPSA) is 61.5 Å². The number of carbonyl (C=O) groups excluding carboxylic acids is 1. The van der Waals surface area contributed by atoms with Crippen molar-refractivity contribution in [1.29, 1.82) is 0 Å². The lowest BCUT2D eigenvalue weighted by Gasteiger charge is -2.04. The summed E-state index contributed by atoms with van der Waals surface area (Å²) in [5.74, 6) is 0.375. The number of carbonyl (C=O) groups is 1. The Kier molecular flexibility index (Phi) is 6.49. The van der Waals surface area contributed by atoms with E-state index in [1.807, 2.05) is 24.3 Å². The van der Waals surface area contributed by atoms with E-state index in [4.69, 9.17) is 15.2 Å². The van der Waals surface area contributed by atoms with Crippen LogP contribution in [-0.2, 0) is 16.1 Å². The molecule has 0 aromatic heterocycles. The van der Waals surface area contributed by atoms with Gasteiger partial charge in [0.1, 0.15) is 12.4 Å². The smallest absolute Gasteiger partial charge is 0.320 e. The molecule has 0 bridgehead atoms. The second-order valence-electron chi connectivity index (χ2n) is 2.71. The van der Waals surface area contributed by atoms with Gasteiger partial charge in [-0.05, 0) is 17.7 Å². The van der Waals surface area contributed by atoms with Crippen LogP contribution in [0.5, 0.6) is 5.75 Å². The fourth-order valence-electron chi connectivity index (χ4n) is 0.945. The lowest BCUT2D eigenvalue weighted by atomic mass is 10.2. The molecule has 2 N–H and O–H groups in total. The Morgan fingerprint density at radius 1 is 1.33 bits per heavy atom. The van der Waals surface area contributed by atoms with Gasteiger partial charge in [0.15, 0.2) is 0 Å². The first-order valence-corrected chi connectivity index (χ1v) is 4.25. The summed E-state index contributed by atoms with van der Waals surface area (Å²) in [5.41, 5.74) is 6.00. The second kappa shape index (κ2) is 7.09. The molecule has 5 heteroatoms. The predicted octanol–water partition coefficient (Wildman–Crippen LogP) is 1.12. The highest BCUT2D eigenvalue weighted by atomic mass is 35.5. The third kappa shape index (κ3) is 4.67. The predicted molar refractivity (Wildman–Crippen MR) is 59.1 cm³/mol. The van der Waals surface area contributed by atoms with E-state index in [2.05, 4.69) is 0 Å². The Bertz CT molecular complexity index is 300. The Morgan fingerprint density at radius 2 is 1.93 bits per heavy atom. The number of hydrogen-bond donors (Lipinski definition) is 1. The second-order valence-corrected chi connectivity index (χ2v) is 2.71. The maximum Gasteiger partial charge on any atom is 0.320 e. The molecule has 0 aliphatic rings. The molecule has 1 aromatic rings. The van der Waals surface area contributed by atoms with E-state index in [0.29, 0.717) is 0 Å². The van der Waals surface area contributed by atoms with E-state index in [1.165, 1.54) is 0 Å². The highest BCUT2D eigenvalue weighted by Crippen LogP contribution is 2.11. The molecule has 0 amide bonds. The van der Waals surface area contributed by atoms with Gasteiger partial charge in [-0.1, -0.05) is 12.1 Å². The Morgan fingerprint density at radius 3 is 2.40 bits per heavy atom. The van der Waals surface area contributed by atoms with Crippen molar-refractivity contribution in [3.8, 4) is 5.75 Å².